The lowest BCUT2D eigenvalue weighted by atomic mass is 9.93. The lowest BCUT2D eigenvalue weighted by molar-refractivity contribution is -0.136. The standard InChI is InChI=1S/C24H28BrN7O5S/c1-13(30(2)24(34)35)22(33)31-6-3-14(4-7-31)5-8-32-11-27-20(26)19-21(32)29-23(28-19)38-18-10-17-16(9-15(18)25)36-12-37-17/h9-11,13-14,26H,3-8,12H2,1-2H3,(H,28,29)(H,34,35)/t13-/m0/s1. The van der Waals surface area contributed by atoms with E-state index in [2.05, 4.69) is 25.9 Å². The molecule has 0 radical (unpaired) electrons. The van der Waals surface area contributed by atoms with E-state index in [0.717, 1.165) is 33.5 Å². The summed E-state index contributed by atoms with van der Waals surface area (Å²) in [6.07, 6.45) is 3.12. The molecule has 1 atom stereocenters. The van der Waals surface area contributed by atoms with Crippen LogP contribution < -0.4 is 15.0 Å². The summed E-state index contributed by atoms with van der Waals surface area (Å²) in [4.78, 5) is 39.8. The normalized spacial score (nSPS) is 16.1. The lowest BCUT2D eigenvalue weighted by Crippen LogP contribution is -2.49. The number of aryl methyl sites for hydroxylation is 1. The van der Waals surface area contributed by atoms with Gasteiger partial charge >= 0.3 is 6.09 Å². The van der Waals surface area contributed by atoms with Crippen LogP contribution in [-0.4, -0.2) is 79.4 Å². The molecule has 2 aromatic heterocycles. The fourth-order valence-electron chi connectivity index (χ4n) is 4.61. The SMILES string of the molecule is C[C@@H](C(=O)N1CCC(CCn2cnc(=N)c3[nH]c(Sc4cc5c(cc4Br)OCO5)nc32)CC1)N(C)C(=O)O. The molecular weight excluding hydrogens is 578 g/mol. The zero-order valence-electron chi connectivity index (χ0n) is 20.9. The third-order valence-electron chi connectivity index (χ3n) is 7.08. The number of fused-ring (bicyclic) bond motifs is 2. The van der Waals surface area contributed by atoms with E-state index in [9.17, 15) is 9.59 Å². The summed E-state index contributed by atoms with van der Waals surface area (Å²) < 4.78 is 13.7. The zero-order chi connectivity index (χ0) is 27.0. The van der Waals surface area contributed by atoms with Crippen LogP contribution in [0.4, 0.5) is 4.79 Å². The van der Waals surface area contributed by atoms with Crippen molar-refractivity contribution in [3.05, 3.63) is 28.4 Å². The van der Waals surface area contributed by atoms with Crippen LogP contribution in [0, 0.1) is 11.3 Å². The zero-order valence-corrected chi connectivity index (χ0v) is 23.3. The number of likely N-dealkylation sites (tertiary alicyclic amines) is 1. The Bertz CT molecular complexity index is 1440. The van der Waals surface area contributed by atoms with Gasteiger partial charge in [-0.15, -0.1) is 0 Å². The summed E-state index contributed by atoms with van der Waals surface area (Å²) >= 11 is 5.00. The molecule has 0 unspecified atom stereocenters. The maximum atomic E-state index is 12.7. The predicted octanol–water partition coefficient (Wildman–Crippen LogP) is 3.51. The van der Waals surface area contributed by atoms with Crippen molar-refractivity contribution in [2.75, 3.05) is 26.9 Å². The fraction of sp³-hybridized carbons (Fsp3) is 0.458. The van der Waals surface area contributed by atoms with E-state index >= 15 is 0 Å². The molecule has 1 fully saturated rings. The highest BCUT2D eigenvalue weighted by Gasteiger charge is 2.29. The smallest absolute Gasteiger partial charge is 0.407 e. The molecule has 4 heterocycles. The molecular formula is C24H28BrN7O5S. The molecule has 0 saturated carbocycles. The number of H-pyrrole nitrogens is 1. The van der Waals surface area contributed by atoms with Gasteiger partial charge in [0.2, 0.25) is 12.7 Å². The highest BCUT2D eigenvalue weighted by Crippen LogP contribution is 2.42. The number of amides is 2. The van der Waals surface area contributed by atoms with Gasteiger partial charge in [0.1, 0.15) is 11.6 Å². The summed E-state index contributed by atoms with van der Waals surface area (Å²) in [7, 11) is 1.42. The number of piperidine rings is 1. The Morgan fingerprint density at radius 1 is 1.32 bits per heavy atom. The van der Waals surface area contributed by atoms with Gasteiger partial charge in [0.25, 0.3) is 0 Å². The van der Waals surface area contributed by atoms with Crippen LogP contribution in [0.5, 0.6) is 11.5 Å². The first kappa shape index (κ1) is 26.4. The Morgan fingerprint density at radius 2 is 2.03 bits per heavy atom. The average molecular weight is 607 g/mol. The molecule has 202 valence electrons. The Kier molecular flexibility index (Phi) is 7.52. The second-order valence-electron chi connectivity index (χ2n) is 9.39. The van der Waals surface area contributed by atoms with Crippen molar-refractivity contribution in [3.63, 3.8) is 0 Å². The maximum absolute atomic E-state index is 12.7. The molecule has 3 N–H and O–H groups in total. The van der Waals surface area contributed by atoms with Gasteiger partial charge in [-0.1, -0.05) is 11.8 Å². The van der Waals surface area contributed by atoms with E-state index in [1.807, 2.05) is 16.7 Å². The summed E-state index contributed by atoms with van der Waals surface area (Å²) in [5.41, 5.74) is 1.37. The number of ether oxygens (including phenoxy) is 2. The summed E-state index contributed by atoms with van der Waals surface area (Å²) in [6.45, 7) is 3.72. The molecule has 5 rings (SSSR count). The van der Waals surface area contributed by atoms with Gasteiger partial charge in [-0.25, -0.2) is 14.8 Å². The molecule has 1 saturated heterocycles. The molecule has 2 aliphatic heterocycles. The summed E-state index contributed by atoms with van der Waals surface area (Å²) in [6, 6.07) is 3.07. The van der Waals surface area contributed by atoms with Crippen molar-refractivity contribution < 1.29 is 24.2 Å². The third kappa shape index (κ3) is 5.32. The van der Waals surface area contributed by atoms with Crippen molar-refractivity contribution in [3.8, 4) is 11.5 Å². The van der Waals surface area contributed by atoms with Crippen LogP contribution >= 0.6 is 27.7 Å². The quantitative estimate of drug-likeness (QED) is 0.370. The number of carboxylic acid groups (broad SMARTS) is 1. The second kappa shape index (κ2) is 10.8. The molecule has 14 heteroatoms. The van der Waals surface area contributed by atoms with Crippen molar-refractivity contribution in [1.29, 1.82) is 5.41 Å². The van der Waals surface area contributed by atoms with Crippen molar-refractivity contribution in [2.24, 2.45) is 5.92 Å². The highest BCUT2D eigenvalue weighted by atomic mass is 79.9. The Labute approximate surface area is 231 Å². The van der Waals surface area contributed by atoms with Gasteiger partial charge < -0.3 is 29.0 Å². The number of imidazole rings is 1. The monoisotopic (exact) mass is 605 g/mol. The Balaban J connectivity index is 1.23. The number of carbonyl (C=O) groups excluding carboxylic acids is 1. The predicted molar refractivity (Wildman–Crippen MR) is 141 cm³/mol. The number of carbonyl (C=O) groups is 2. The van der Waals surface area contributed by atoms with E-state index in [1.165, 1.54) is 18.8 Å². The van der Waals surface area contributed by atoms with Crippen LogP contribution in [0.2, 0.25) is 0 Å². The summed E-state index contributed by atoms with van der Waals surface area (Å²) in [5, 5.41) is 18.0. The number of rotatable bonds is 7. The first-order valence-electron chi connectivity index (χ1n) is 12.2. The van der Waals surface area contributed by atoms with Gasteiger partial charge in [-0.05, 0) is 60.2 Å². The number of benzene rings is 1. The van der Waals surface area contributed by atoms with Crippen LogP contribution in [-0.2, 0) is 11.3 Å². The molecule has 2 aliphatic rings. The minimum atomic E-state index is -1.11. The number of nitrogens with zero attached hydrogens (tertiary/aromatic N) is 5. The minimum absolute atomic E-state index is 0.132. The van der Waals surface area contributed by atoms with E-state index in [4.69, 9.17) is 25.0 Å². The molecule has 2 amide bonds. The Hall–Kier alpha value is -3.26. The summed E-state index contributed by atoms with van der Waals surface area (Å²) in [5.74, 6) is 1.64. The van der Waals surface area contributed by atoms with Crippen molar-refractivity contribution >= 4 is 50.9 Å². The molecule has 12 nitrogen and oxygen atoms in total. The molecule has 38 heavy (non-hydrogen) atoms. The number of likely N-dealkylation sites (N-methyl/N-ethyl adjacent to an activating group) is 1. The Morgan fingerprint density at radius 3 is 2.74 bits per heavy atom. The minimum Gasteiger partial charge on any atom is -0.465 e. The first-order valence-corrected chi connectivity index (χ1v) is 13.8. The third-order valence-corrected chi connectivity index (χ3v) is 8.94. The van der Waals surface area contributed by atoms with Crippen LogP contribution in [0.1, 0.15) is 26.2 Å². The van der Waals surface area contributed by atoms with Gasteiger partial charge in [-0.2, -0.15) is 0 Å². The number of hydrogen-bond donors (Lipinski definition) is 3. The number of hydrogen-bond acceptors (Lipinski definition) is 8. The van der Waals surface area contributed by atoms with E-state index in [-0.39, 0.29) is 18.2 Å². The second-order valence-corrected chi connectivity index (χ2v) is 11.3. The molecule has 0 spiro atoms. The maximum Gasteiger partial charge on any atom is 0.407 e. The number of aromatic amines is 1. The first-order chi connectivity index (χ1) is 18.2. The lowest BCUT2D eigenvalue weighted by Gasteiger charge is -2.35. The fourth-order valence-corrected chi connectivity index (χ4v) is 6.00. The topological polar surface area (TPSA) is 150 Å². The number of halogens is 1. The van der Waals surface area contributed by atoms with E-state index < -0.39 is 12.1 Å². The van der Waals surface area contributed by atoms with E-state index in [1.54, 1.807) is 18.2 Å². The van der Waals surface area contributed by atoms with Crippen molar-refractivity contribution in [1.82, 2.24) is 29.3 Å². The molecule has 0 aliphatic carbocycles. The van der Waals surface area contributed by atoms with Crippen LogP contribution in [0.3, 0.4) is 0 Å². The highest BCUT2D eigenvalue weighted by molar-refractivity contribution is 9.10. The van der Waals surface area contributed by atoms with E-state index in [0.29, 0.717) is 53.4 Å². The number of nitrogens with one attached hydrogen (secondary N) is 2. The van der Waals surface area contributed by atoms with Crippen LogP contribution in [0.15, 0.2) is 33.0 Å². The van der Waals surface area contributed by atoms with Gasteiger partial charge in [0.15, 0.2) is 27.8 Å². The average Bonchev–Trinajstić information content (AvgIpc) is 3.54. The molecule has 1 aromatic carbocycles. The number of aromatic nitrogens is 4. The molecule has 0 bridgehead atoms. The van der Waals surface area contributed by atoms with Crippen LogP contribution in [0.25, 0.3) is 11.2 Å². The molecule has 3 aromatic rings. The van der Waals surface area contributed by atoms with Crippen molar-refractivity contribution in [2.45, 2.75) is 48.8 Å². The van der Waals surface area contributed by atoms with Gasteiger partial charge in [0, 0.05) is 36.1 Å². The largest absolute Gasteiger partial charge is 0.465 e. The van der Waals surface area contributed by atoms with Gasteiger partial charge in [0.05, 0.1) is 6.33 Å². The van der Waals surface area contributed by atoms with Gasteiger partial charge in [-0.3, -0.25) is 15.1 Å².